The van der Waals surface area contributed by atoms with Crippen molar-refractivity contribution in [2.45, 2.75) is 45.2 Å². The van der Waals surface area contributed by atoms with Gasteiger partial charge in [0.1, 0.15) is 5.82 Å². The van der Waals surface area contributed by atoms with Gasteiger partial charge >= 0.3 is 0 Å². The molecule has 0 spiro atoms. The van der Waals surface area contributed by atoms with Crippen LogP contribution in [0.5, 0.6) is 0 Å². The van der Waals surface area contributed by atoms with Crippen LogP contribution in [-0.2, 0) is 28.0 Å². The van der Waals surface area contributed by atoms with Gasteiger partial charge in [-0.3, -0.25) is 9.59 Å². The van der Waals surface area contributed by atoms with Crippen molar-refractivity contribution < 1.29 is 13.2 Å². The van der Waals surface area contributed by atoms with Gasteiger partial charge in [0.2, 0.25) is 5.91 Å². The summed E-state index contributed by atoms with van der Waals surface area (Å²) in [6.45, 7) is 3.08. The van der Waals surface area contributed by atoms with Crippen LogP contribution in [0.3, 0.4) is 0 Å². The number of fused-ring (bicyclic) bond motifs is 1. The first-order valence-corrected chi connectivity index (χ1v) is 11.2. The second-order valence-electron chi connectivity index (χ2n) is 8.26. The third-order valence-electron chi connectivity index (χ3n) is 6.12. The van der Waals surface area contributed by atoms with E-state index < -0.39 is 10.2 Å². The van der Waals surface area contributed by atoms with E-state index in [4.69, 9.17) is 0 Å². The summed E-state index contributed by atoms with van der Waals surface area (Å²) in [4.78, 5) is 34.7. The fourth-order valence-electron chi connectivity index (χ4n) is 4.21. The Balaban J connectivity index is 1.63. The Labute approximate surface area is 164 Å². The maximum absolute atomic E-state index is 12.7. The molecule has 0 bridgehead atoms. The van der Waals surface area contributed by atoms with Crippen molar-refractivity contribution in [3.05, 3.63) is 27.4 Å². The summed E-state index contributed by atoms with van der Waals surface area (Å²) in [5.41, 5.74) is 0.816. The molecule has 0 radical (unpaired) electrons. The zero-order valence-corrected chi connectivity index (χ0v) is 17.3. The highest BCUT2D eigenvalue weighted by atomic mass is 32.2. The first-order valence-electron chi connectivity index (χ1n) is 9.80. The molecule has 0 unspecified atom stereocenters. The van der Waals surface area contributed by atoms with Crippen LogP contribution in [0.15, 0.2) is 4.79 Å². The van der Waals surface area contributed by atoms with Crippen molar-refractivity contribution in [3.8, 4) is 0 Å². The third-order valence-corrected chi connectivity index (χ3v) is 8.01. The second kappa shape index (κ2) is 6.93. The maximum atomic E-state index is 12.7. The number of nitrogens with one attached hydrogen (secondary N) is 1. The highest BCUT2D eigenvalue weighted by Crippen LogP contribution is 2.42. The fourth-order valence-corrected chi connectivity index (χ4v) is 5.28. The number of aromatic nitrogens is 2. The standard InChI is InChI=1S/C18H27N5O4S/c1-11-9-13(11)18(25)23-7-4-5-15(23)16-19-14-10-22(28(26,27)21(2)3)8-6-12(14)17(24)20-16/h11,13,15H,4-10H2,1-3H3,(H,19,20,24)/t11-,13-,15+/m0/s1. The van der Waals surface area contributed by atoms with Crippen LogP contribution in [0.1, 0.15) is 49.3 Å². The lowest BCUT2D eigenvalue weighted by molar-refractivity contribution is -0.134. The molecule has 1 saturated heterocycles. The molecule has 1 amide bonds. The molecule has 1 N–H and O–H groups in total. The summed E-state index contributed by atoms with van der Waals surface area (Å²) >= 11 is 0. The van der Waals surface area contributed by atoms with Crippen LogP contribution in [0.4, 0.5) is 0 Å². The van der Waals surface area contributed by atoms with E-state index in [0.717, 1.165) is 19.3 Å². The highest BCUT2D eigenvalue weighted by molar-refractivity contribution is 7.86. The van der Waals surface area contributed by atoms with E-state index in [-0.39, 0.29) is 36.5 Å². The van der Waals surface area contributed by atoms with Gasteiger partial charge in [-0.2, -0.15) is 17.0 Å². The van der Waals surface area contributed by atoms with Gasteiger partial charge < -0.3 is 9.88 Å². The Morgan fingerprint density at radius 2 is 2.00 bits per heavy atom. The Kier molecular flexibility index (Phi) is 4.83. The van der Waals surface area contributed by atoms with Gasteiger partial charge in [0.15, 0.2) is 0 Å². The molecule has 1 aromatic rings. The number of amides is 1. The topological polar surface area (TPSA) is 107 Å². The van der Waals surface area contributed by atoms with E-state index in [1.807, 2.05) is 4.90 Å². The van der Waals surface area contributed by atoms with Crippen molar-refractivity contribution in [3.63, 3.8) is 0 Å². The van der Waals surface area contributed by atoms with Gasteiger partial charge in [-0.1, -0.05) is 6.92 Å². The second-order valence-corrected chi connectivity index (χ2v) is 10.4. The molecule has 10 heteroatoms. The molecule has 28 heavy (non-hydrogen) atoms. The van der Waals surface area contributed by atoms with E-state index >= 15 is 0 Å². The quantitative estimate of drug-likeness (QED) is 0.767. The normalized spacial score (nSPS) is 27.9. The van der Waals surface area contributed by atoms with Crippen molar-refractivity contribution in [1.29, 1.82) is 0 Å². The minimum atomic E-state index is -3.57. The van der Waals surface area contributed by atoms with Crippen LogP contribution in [0, 0.1) is 11.8 Å². The Morgan fingerprint density at radius 3 is 2.64 bits per heavy atom. The van der Waals surface area contributed by atoms with Crippen LogP contribution in [0.2, 0.25) is 0 Å². The Bertz CT molecular complexity index is 957. The molecule has 3 atom stereocenters. The van der Waals surface area contributed by atoms with Crippen LogP contribution in [0.25, 0.3) is 0 Å². The molecular formula is C18H27N5O4S. The molecule has 9 nitrogen and oxygen atoms in total. The Hall–Kier alpha value is -1.78. The third kappa shape index (κ3) is 3.27. The molecule has 1 saturated carbocycles. The number of aromatic amines is 1. The molecule has 154 valence electrons. The number of hydrogen-bond donors (Lipinski definition) is 1. The molecule has 1 aliphatic carbocycles. The summed E-state index contributed by atoms with van der Waals surface area (Å²) in [5, 5.41) is 0. The van der Waals surface area contributed by atoms with Crippen LogP contribution in [-0.4, -0.2) is 65.0 Å². The summed E-state index contributed by atoms with van der Waals surface area (Å²) in [5.74, 6) is 1.14. The molecule has 1 aromatic heterocycles. The monoisotopic (exact) mass is 409 g/mol. The number of carbonyl (C=O) groups is 1. The van der Waals surface area contributed by atoms with Crippen molar-refractivity contribution >= 4 is 16.1 Å². The fraction of sp³-hybridized carbons (Fsp3) is 0.722. The zero-order valence-electron chi connectivity index (χ0n) is 16.5. The van der Waals surface area contributed by atoms with E-state index in [9.17, 15) is 18.0 Å². The van der Waals surface area contributed by atoms with E-state index in [2.05, 4.69) is 16.9 Å². The van der Waals surface area contributed by atoms with Gasteiger partial charge in [-0.15, -0.1) is 0 Å². The lowest BCUT2D eigenvalue weighted by Gasteiger charge is -2.30. The lowest BCUT2D eigenvalue weighted by Crippen LogP contribution is -2.44. The average molecular weight is 410 g/mol. The SMILES string of the molecule is C[C@H]1C[C@@H]1C(=O)N1CCC[C@@H]1c1nc2c(c(=O)[nH]1)CCN(S(=O)(=O)N(C)C)C2. The minimum Gasteiger partial charge on any atom is -0.332 e. The molecule has 2 aliphatic heterocycles. The van der Waals surface area contributed by atoms with Gasteiger partial charge in [0, 0.05) is 38.7 Å². The van der Waals surface area contributed by atoms with Crippen molar-refractivity contribution in [2.24, 2.45) is 11.8 Å². The molecule has 0 aromatic carbocycles. The van der Waals surface area contributed by atoms with E-state index in [0.29, 0.717) is 36.0 Å². The molecular weight excluding hydrogens is 382 g/mol. The van der Waals surface area contributed by atoms with Crippen LogP contribution < -0.4 is 5.56 Å². The number of hydrogen-bond acceptors (Lipinski definition) is 5. The summed E-state index contributed by atoms with van der Waals surface area (Å²) in [7, 11) is -0.594. The highest BCUT2D eigenvalue weighted by Gasteiger charge is 2.45. The maximum Gasteiger partial charge on any atom is 0.281 e. The molecule has 3 aliphatic rings. The summed E-state index contributed by atoms with van der Waals surface area (Å²) in [6, 6.07) is -0.237. The zero-order chi connectivity index (χ0) is 20.2. The van der Waals surface area contributed by atoms with Gasteiger partial charge in [-0.05, 0) is 31.6 Å². The van der Waals surface area contributed by atoms with Gasteiger partial charge in [0.25, 0.3) is 15.8 Å². The lowest BCUT2D eigenvalue weighted by atomic mass is 10.1. The number of rotatable bonds is 4. The van der Waals surface area contributed by atoms with Crippen LogP contribution >= 0.6 is 0 Å². The average Bonchev–Trinajstić information content (AvgIpc) is 3.18. The molecule has 3 heterocycles. The molecule has 2 fully saturated rings. The predicted octanol–water partition coefficient (Wildman–Crippen LogP) is 0.254. The number of H-pyrrole nitrogens is 1. The van der Waals surface area contributed by atoms with Gasteiger partial charge in [-0.25, -0.2) is 4.98 Å². The summed E-state index contributed by atoms with van der Waals surface area (Å²) in [6.07, 6.45) is 2.89. The van der Waals surface area contributed by atoms with E-state index in [1.54, 1.807) is 0 Å². The van der Waals surface area contributed by atoms with E-state index in [1.165, 1.54) is 22.7 Å². The van der Waals surface area contributed by atoms with Crippen molar-refractivity contribution in [2.75, 3.05) is 27.2 Å². The summed E-state index contributed by atoms with van der Waals surface area (Å²) < 4.78 is 27.4. The first kappa shape index (κ1) is 19.5. The minimum absolute atomic E-state index is 0.0765. The number of nitrogens with zero attached hydrogens (tertiary/aromatic N) is 4. The predicted molar refractivity (Wildman–Crippen MR) is 103 cm³/mol. The van der Waals surface area contributed by atoms with Crippen molar-refractivity contribution in [1.82, 2.24) is 23.5 Å². The van der Waals surface area contributed by atoms with Gasteiger partial charge in [0.05, 0.1) is 18.3 Å². The smallest absolute Gasteiger partial charge is 0.281 e. The molecule has 4 rings (SSSR count). The number of carbonyl (C=O) groups excluding carboxylic acids is 1. The Morgan fingerprint density at radius 1 is 1.29 bits per heavy atom. The largest absolute Gasteiger partial charge is 0.332 e. The number of likely N-dealkylation sites (tertiary alicyclic amines) is 1. The first-order chi connectivity index (χ1) is 13.2.